The van der Waals surface area contributed by atoms with E-state index in [9.17, 15) is 9.90 Å². The summed E-state index contributed by atoms with van der Waals surface area (Å²) in [6.45, 7) is 7.28. The van der Waals surface area contributed by atoms with Crippen LogP contribution in [0.2, 0.25) is 0 Å². The van der Waals surface area contributed by atoms with E-state index in [4.69, 9.17) is 9.84 Å². The van der Waals surface area contributed by atoms with Gasteiger partial charge in [-0.3, -0.25) is 0 Å². The summed E-state index contributed by atoms with van der Waals surface area (Å²) in [5, 5.41) is 17.9. The highest BCUT2D eigenvalue weighted by Gasteiger charge is 2.22. The zero-order valence-corrected chi connectivity index (χ0v) is 9.86. The van der Waals surface area contributed by atoms with Crippen LogP contribution in [0.5, 0.6) is 0 Å². The predicted molar refractivity (Wildman–Crippen MR) is 56.6 cm³/mol. The molecule has 0 fully saturated rings. The van der Waals surface area contributed by atoms with Crippen LogP contribution < -0.4 is 0 Å². The molecular weight excluding hydrogens is 198 g/mol. The lowest BCUT2D eigenvalue weighted by Crippen LogP contribution is -2.41. The van der Waals surface area contributed by atoms with E-state index in [0.29, 0.717) is 6.54 Å². The van der Waals surface area contributed by atoms with Crippen LogP contribution in [0.1, 0.15) is 27.7 Å². The fraction of sp³-hybridized carbons (Fsp3) is 0.900. The summed E-state index contributed by atoms with van der Waals surface area (Å²) in [6, 6.07) is 0. The molecule has 0 spiro atoms. The monoisotopic (exact) mass is 219 g/mol. The molecule has 0 aromatic rings. The molecule has 1 atom stereocenters. The molecule has 0 aliphatic heterocycles. The topological polar surface area (TPSA) is 70.0 Å². The first-order valence-electron chi connectivity index (χ1n) is 5.07. The van der Waals surface area contributed by atoms with Crippen LogP contribution in [0.15, 0.2) is 0 Å². The molecule has 0 heterocycles. The fourth-order valence-corrected chi connectivity index (χ4v) is 0.971. The number of likely N-dealkylation sites (N-methyl/N-ethyl adjacent to an activating group) is 1. The molecule has 0 aliphatic rings. The summed E-state index contributed by atoms with van der Waals surface area (Å²) in [5.74, 6) is 0. The molecule has 0 aromatic heterocycles. The molecule has 90 valence electrons. The number of carbonyl (C=O) groups is 1. The number of nitrogens with zero attached hydrogens (tertiary/aromatic N) is 1. The Balaban J connectivity index is 4.23. The molecule has 0 rings (SSSR count). The van der Waals surface area contributed by atoms with Crippen molar-refractivity contribution in [3.05, 3.63) is 0 Å². The van der Waals surface area contributed by atoms with Crippen LogP contribution in [0.25, 0.3) is 0 Å². The van der Waals surface area contributed by atoms with Gasteiger partial charge in [-0.15, -0.1) is 0 Å². The minimum atomic E-state index is -0.919. The van der Waals surface area contributed by atoms with E-state index in [1.165, 1.54) is 4.90 Å². The molecule has 0 aliphatic carbocycles. The first kappa shape index (κ1) is 14.2. The number of rotatable bonds is 4. The highest BCUT2D eigenvalue weighted by atomic mass is 16.6. The number of hydrogen-bond acceptors (Lipinski definition) is 4. The average molecular weight is 219 g/mol. The highest BCUT2D eigenvalue weighted by molar-refractivity contribution is 5.68. The number of amides is 1. The molecule has 0 saturated carbocycles. The van der Waals surface area contributed by atoms with Gasteiger partial charge in [0, 0.05) is 6.54 Å². The Morgan fingerprint density at radius 2 is 2.00 bits per heavy atom. The van der Waals surface area contributed by atoms with E-state index < -0.39 is 17.8 Å². The Labute approximate surface area is 90.6 Å². The Morgan fingerprint density at radius 3 is 2.33 bits per heavy atom. The molecule has 1 unspecified atom stereocenters. The smallest absolute Gasteiger partial charge is 0.410 e. The van der Waals surface area contributed by atoms with E-state index in [0.717, 1.165) is 0 Å². The third-order valence-electron chi connectivity index (χ3n) is 1.68. The summed E-state index contributed by atoms with van der Waals surface area (Å²) >= 11 is 0. The van der Waals surface area contributed by atoms with Gasteiger partial charge in [0.05, 0.1) is 19.3 Å². The Kier molecular flexibility index (Phi) is 5.60. The van der Waals surface area contributed by atoms with E-state index >= 15 is 0 Å². The summed E-state index contributed by atoms with van der Waals surface area (Å²) in [5.41, 5.74) is -0.547. The van der Waals surface area contributed by atoms with Crippen molar-refractivity contribution in [2.24, 2.45) is 0 Å². The van der Waals surface area contributed by atoms with Crippen LogP contribution in [0.4, 0.5) is 4.79 Å². The van der Waals surface area contributed by atoms with Crippen LogP contribution >= 0.6 is 0 Å². The number of carbonyl (C=O) groups excluding carboxylic acids is 1. The SMILES string of the molecule is CCN(CC(O)CO)C(=O)OC(C)(C)C. The maximum atomic E-state index is 11.6. The van der Waals surface area contributed by atoms with Gasteiger partial charge in [-0.05, 0) is 27.7 Å². The molecule has 0 radical (unpaired) electrons. The van der Waals surface area contributed by atoms with Crippen molar-refractivity contribution in [3.63, 3.8) is 0 Å². The van der Waals surface area contributed by atoms with Gasteiger partial charge in [-0.1, -0.05) is 0 Å². The van der Waals surface area contributed by atoms with Gasteiger partial charge in [-0.2, -0.15) is 0 Å². The molecule has 15 heavy (non-hydrogen) atoms. The van der Waals surface area contributed by atoms with Crippen molar-refractivity contribution >= 4 is 6.09 Å². The van der Waals surface area contributed by atoms with Gasteiger partial charge in [0.1, 0.15) is 5.60 Å². The maximum absolute atomic E-state index is 11.6. The molecular formula is C10H21NO4. The third kappa shape index (κ3) is 6.30. The van der Waals surface area contributed by atoms with Gasteiger partial charge in [0.15, 0.2) is 0 Å². The summed E-state index contributed by atoms with van der Waals surface area (Å²) in [7, 11) is 0. The molecule has 5 nitrogen and oxygen atoms in total. The lowest BCUT2D eigenvalue weighted by molar-refractivity contribution is 0.00874. The minimum Gasteiger partial charge on any atom is -0.444 e. The Bertz CT molecular complexity index is 200. The van der Waals surface area contributed by atoms with Crippen molar-refractivity contribution in [2.75, 3.05) is 19.7 Å². The fourth-order valence-electron chi connectivity index (χ4n) is 0.971. The van der Waals surface area contributed by atoms with Crippen LogP contribution in [0, 0.1) is 0 Å². The van der Waals surface area contributed by atoms with Crippen LogP contribution in [0.3, 0.4) is 0 Å². The summed E-state index contributed by atoms with van der Waals surface area (Å²) in [6.07, 6.45) is -1.39. The first-order chi connectivity index (χ1) is 6.80. The van der Waals surface area contributed by atoms with E-state index in [-0.39, 0.29) is 13.2 Å². The van der Waals surface area contributed by atoms with Gasteiger partial charge in [0.25, 0.3) is 0 Å². The third-order valence-corrected chi connectivity index (χ3v) is 1.68. The van der Waals surface area contributed by atoms with Crippen LogP contribution in [-0.4, -0.2) is 52.6 Å². The zero-order valence-electron chi connectivity index (χ0n) is 9.86. The van der Waals surface area contributed by atoms with Crippen molar-refractivity contribution in [1.82, 2.24) is 4.90 Å². The van der Waals surface area contributed by atoms with Crippen molar-refractivity contribution in [3.8, 4) is 0 Å². The number of hydrogen-bond donors (Lipinski definition) is 2. The highest BCUT2D eigenvalue weighted by Crippen LogP contribution is 2.10. The molecule has 0 aromatic carbocycles. The second-order valence-electron chi connectivity index (χ2n) is 4.36. The quantitative estimate of drug-likeness (QED) is 0.726. The summed E-state index contributed by atoms with van der Waals surface area (Å²) in [4.78, 5) is 12.9. The van der Waals surface area contributed by atoms with Crippen molar-refractivity contribution in [2.45, 2.75) is 39.4 Å². The molecule has 5 heteroatoms. The largest absolute Gasteiger partial charge is 0.444 e. The summed E-state index contributed by atoms with van der Waals surface area (Å²) < 4.78 is 5.13. The minimum absolute atomic E-state index is 0.0852. The van der Waals surface area contributed by atoms with E-state index in [1.54, 1.807) is 27.7 Å². The lowest BCUT2D eigenvalue weighted by atomic mass is 10.2. The molecule has 0 saturated heterocycles. The zero-order chi connectivity index (χ0) is 12.1. The van der Waals surface area contributed by atoms with Gasteiger partial charge >= 0.3 is 6.09 Å². The Hall–Kier alpha value is -0.810. The van der Waals surface area contributed by atoms with Crippen molar-refractivity contribution in [1.29, 1.82) is 0 Å². The Morgan fingerprint density at radius 1 is 1.47 bits per heavy atom. The van der Waals surface area contributed by atoms with Crippen LogP contribution in [-0.2, 0) is 4.74 Å². The second kappa shape index (κ2) is 5.92. The second-order valence-corrected chi connectivity index (χ2v) is 4.36. The molecule has 1 amide bonds. The van der Waals surface area contributed by atoms with E-state index in [2.05, 4.69) is 0 Å². The van der Waals surface area contributed by atoms with E-state index in [1.807, 2.05) is 0 Å². The van der Waals surface area contributed by atoms with Gasteiger partial charge in [-0.25, -0.2) is 4.79 Å². The standard InChI is InChI=1S/C10H21NO4/c1-5-11(6-8(13)7-12)9(14)15-10(2,3)4/h8,12-13H,5-7H2,1-4H3. The lowest BCUT2D eigenvalue weighted by Gasteiger charge is -2.27. The van der Waals surface area contributed by atoms with Gasteiger partial charge in [0.2, 0.25) is 0 Å². The molecule has 0 bridgehead atoms. The first-order valence-corrected chi connectivity index (χ1v) is 5.07. The predicted octanol–water partition coefficient (Wildman–Crippen LogP) is 0.597. The average Bonchev–Trinajstić information content (AvgIpc) is 2.10. The van der Waals surface area contributed by atoms with Gasteiger partial charge < -0.3 is 19.8 Å². The number of ether oxygens (including phenoxy) is 1. The molecule has 2 N–H and O–H groups in total. The maximum Gasteiger partial charge on any atom is 0.410 e. The number of aliphatic hydroxyl groups is 2. The van der Waals surface area contributed by atoms with Crippen molar-refractivity contribution < 1.29 is 19.7 Å². The normalized spacial score (nSPS) is 13.5. The number of aliphatic hydroxyl groups excluding tert-OH is 2.